The van der Waals surface area contributed by atoms with E-state index in [0.717, 1.165) is 17.7 Å². The maximum absolute atomic E-state index is 14.8. The van der Waals surface area contributed by atoms with Crippen molar-refractivity contribution in [2.45, 2.75) is 26.7 Å². The monoisotopic (exact) mass is 559 g/mol. The molecule has 188 valence electrons. The summed E-state index contributed by atoms with van der Waals surface area (Å²) in [6.07, 6.45) is 0. The summed E-state index contributed by atoms with van der Waals surface area (Å²) in [5, 5.41) is 6.15. The van der Waals surface area contributed by atoms with Crippen LogP contribution >= 0.6 is 15.9 Å². The molecule has 0 radical (unpaired) electrons. The van der Waals surface area contributed by atoms with E-state index in [-0.39, 0.29) is 27.4 Å². The van der Waals surface area contributed by atoms with Crippen molar-refractivity contribution in [3.05, 3.63) is 106 Å². The van der Waals surface area contributed by atoms with Gasteiger partial charge in [0.1, 0.15) is 23.1 Å². The van der Waals surface area contributed by atoms with Gasteiger partial charge in [0.05, 0.1) is 10.2 Å². The number of rotatable bonds is 7. The average molecular weight is 560 g/mol. The Kier molecular flexibility index (Phi) is 6.68. The second-order valence-corrected chi connectivity index (χ2v) is 10.5. The zero-order valence-corrected chi connectivity index (χ0v) is 21.7. The van der Waals surface area contributed by atoms with Gasteiger partial charge in [-0.15, -0.1) is 0 Å². The van der Waals surface area contributed by atoms with Crippen LogP contribution in [0.2, 0.25) is 0 Å². The van der Waals surface area contributed by atoms with E-state index < -0.39 is 29.0 Å². The predicted molar refractivity (Wildman–Crippen MR) is 141 cm³/mol. The fourth-order valence-electron chi connectivity index (χ4n) is 4.85. The summed E-state index contributed by atoms with van der Waals surface area (Å²) in [4.78, 5) is 0. The molecule has 0 saturated heterocycles. The van der Waals surface area contributed by atoms with Crippen molar-refractivity contribution < 1.29 is 17.6 Å². The topological polar surface area (TPSA) is 50.1 Å². The number of hydrogen-bond donors (Lipinski definition) is 3. The van der Waals surface area contributed by atoms with Crippen LogP contribution in [0.3, 0.4) is 0 Å². The summed E-state index contributed by atoms with van der Waals surface area (Å²) in [5.41, 5.74) is 8.18. The van der Waals surface area contributed by atoms with Gasteiger partial charge < -0.3 is 16.4 Å². The summed E-state index contributed by atoms with van der Waals surface area (Å²) in [6.45, 7) is 14.0. The zero-order chi connectivity index (χ0) is 26.5. The molecule has 1 fully saturated rings. The summed E-state index contributed by atoms with van der Waals surface area (Å²) >= 11 is 3.09. The molecule has 0 aliphatic heterocycles. The highest BCUT2D eigenvalue weighted by Crippen LogP contribution is 2.67. The van der Waals surface area contributed by atoms with E-state index in [1.807, 2.05) is 39.0 Å². The fraction of sp³-hybridized carbons (Fsp3) is 0.214. The molecule has 4 N–H and O–H groups in total. The van der Waals surface area contributed by atoms with Crippen molar-refractivity contribution in [3.63, 3.8) is 0 Å². The average Bonchev–Trinajstić information content (AvgIpc) is 3.39. The van der Waals surface area contributed by atoms with Crippen molar-refractivity contribution in [3.8, 4) is 0 Å². The van der Waals surface area contributed by atoms with Gasteiger partial charge in [0, 0.05) is 34.5 Å². The Morgan fingerprint density at radius 1 is 0.972 bits per heavy atom. The molecule has 2 unspecified atom stereocenters. The summed E-state index contributed by atoms with van der Waals surface area (Å²) < 4.78 is 56.8. The Morgan fingerprint density at radius 3 is 2.36 bits per heavy atom. The molecule has 0 heterocycles. The summed E-state index contributed by atoms with van der Waals surface area (Å²) in [6, 6.07) is 10.2. The van der Waals surface area contributed by atoms with E-state index in [9.17, 15) is 17.6 Å². The molecular weight excluding hydrogens is 534 g/mol. The van der Waals surface area contributed by atoms with Gasteiger partial charge >= 0.3 is 0 Å². The molecule has 3 aromatic carbocycles. The second kappa shape index (κ2) is 9.32. The number of nitrogen functional groups attached to an aromatic ring is 1. The van der Waals surface area contributed by atoms with Gasteiger partial charge in [-0.1, -0.05) is 33.1 Å². The SMILES string of the molecule is C=C(Nc1ccc(F)c(N)c1F)c1cc(NC(=C)C2C(c3cc(F)cc(Br)c3F)C2(C)C)ccc1C. The molecule has 2 atom stereocenters. The number of nitrogens with two attached hydrogens (primary N) is 1. The molecule has 0 amide bonds. The third kappa shape index (κ3) is 4.62. The van der Waals surface area contributed by atoms with Crippen LogP contribution in [-0.2, 0) is 0 Å². The van der Waals surface area contributed by atoms with Crippen LogP contribution in [0.5, 0.6) is 0 Å². The van der Waals surface area contributed by atoms with Gasteiger partial charge in [0.15, 0.2) is 5.82 Å². The van der Waals surface area contributed by atoms with Gasteiger partial charge in [-0.2, -0.15) is 0 Å². The molecular formula is C28H26BrF4N3. The highest BCUT2D eigenvalue weighted by Gasteiger charge is 2.60. The largest absolute Gasteiger partial charge is 0.394 e. The third-order valence-corrected chi connectivity index (χ3v) is 7.42. The molecule has 3 aromatic rings. The van der Waals surface area contributed by atoms with E-state index in [4.69, 9.17) is 5.73 Å². The van der Waals surface area contributed by atoms with Crippen molar-refractivity contribution in [1.29, 1.82) is 0 Å². The lowest BCUT2D eigenvalue weighted by Crippen LogP contribution is -2.07. The quantitative estimate of drug-likeness (QED) is 0.155. The number of hydrogen-bond acceptors (Lipinski definition) is 3. The van der Waals surface area contributed by atoms with E-state index in [0.29, 0.717) is 28.2 Å². The van der Waals surface area contributed by atoms with Crippen LogP contribution in [0.15, 0.2) is 65.8 Å². The Morgan fingerprint density at radius 2 is 1.67 bits per heavy atom. The lowest BCUT2D eigenvalue weighted by atomic mass is 10.0. The predicted octanol–water partition coefficient (Wildman–Crippen LogP) is 8.34. The lowest BCUT2D eigenvalue weighted by molar-refractivity contribution is 0.553. The highest BCUT2D eigenvalue weighted by atomic mass is 79.9. The first-order valence-corrected chi connectivity index (χ1v) is 12.0. The first kappa shape index (κ1) is 25.8. The Hall–Kier alpha value is -3.26. The van der Waals surface area contributed by atoms with Crippen molar-refractivity contribution >= 4 is 38.7 Å². The number of anilines is 3. The van der Waals surface area contributed by atoms with Gasteiger partial charge in [0.2, 0.25) is 0 Å². The Bertz CT molecular complexity index is 1400. The molecule has 36 heavy (non-hydrogen) atoms. The number of halogens is 5. The maximum atomic E-state index is 14.8. The second-order valence-electron chi connectivity index (χ2n) is 9.67. The van der Waals surface area contributed by atoms with Gasteiger partial charge in [-0.25, -0.2) is 17.6 Å². The van der Waals surface area contributed by atoms with Crippen LogP contribution in [0.25, 0.3) is 5.70 Å². The van der Waals surface area contributed by atoms with Crippen molar-refractivity contribution in [2.24, 2.45) is 11.3 Å². The van der Waals surface area contributed by atoms with Gasteiger partial charge in [-0.3, -0.25) is 0 Å². The van der Waals surface area contributed by atoms with Crippen LogP contribution in [-0.4, -0.2) is 0 Å². The molecule has 1 aliphatic rings. The minimum absolute atomic E-state index is 0.00641. The molecule has 0 spiro atoms. The number of aryl methyl sites for hydroxylation is 1. The first-order valence-electron chi connectivity index (χ1n) is 11.2. The van der Waals surface area contributed by atoms with Crippen molar-refractivity contribution in [1.82, 2.24) is 0 Å². The minimum atomic E-state index is -0.894. The summed E-state index contributed by atoms with van der Waals surface area (Å²) in [7, 11) is 0. The lowest BCUT2D eigenvalue weighted by Gasteiger charge is -2.17. The smallest absolute Gasteiger partial charge is 0.172 e. The Labute approximate surface area is 216 Å². The van der Waals surface area contributed by atoms with Crippen LogP contribution in [0.1, 0.15) is 36.5 Å². The standard InChI is InChI=1S/C28H26BrF4N3/c1-13-6-7-17(12-18(13)14(2)36-22-9-8-21(31)27(34)26(22)33)35-15(3)23-24(28(23,4)5)19-10-16(30)11-20(29)25(19)32/h6-12,23-24,35-36H,2-3,34H2,1,4-5H3. The van der Waals surface area contributed by atoms with Crippen LogP contribution < -0.4 is 16.4 Å². The molecule has 3 nitrogen and oxygen atoms in total. The van der Waals surface area contributed by atoms with E-state index >= 15 is 0 Å². The molecule has 4 rings (SSSR count). The van der Waals surface area contributed by atoms with Gasteiger partial charge in [-0.05, 0) is 75.8 Å². The zero-order valence-electron chi connectivity index (χ0n) is 20.1. The number of nitrogens with one attached hydrogen (secondary N) is 2. The third-order valence-electron chi connectivity index (χ3n) is 6.84. The molecule has 8 heteroatoms. The maximum Gasteiger partial charge on any atom is 0.172 e. The Balaban J connectivity index is 1.54. The first-order chi connectivity index (χ1) is 16.8. The molecule has 0 aromatic heterocycles. The van der Waals surface area contributed by atoms with E-state index in [1.165, 1.54) is 12.1 Å². The summed E-state index contributed by atoms with van der Waals surface area (Å²) in [5.74, 6) is -3.10. The van der Waals surface area contributed by atoms with Crippen LogP contribution in [0, 0.1) is 41.5 Å². The number of benzene rings is 3. The van der Waals surface area contributed by atoms with E-state index in [2.05, 4.69) is 39.7 Å². The molecule has 0 bridgehead atoms. The fourth-order valence-corrected chi connectivity index (χ4v) is 5.30. The van der Waals surface area contributed by atoms with Crippen LogP contribution in [0.4, 0.5) is 34.6 Å². The molecule has 1 aliphatic carbocycles. The van der Waals surface area contributed by atoms with Crippen molar-refractivity contribution in [2.75, 3.05) is 16.4 Å². The highest BCUT2D eigenvalue weighted by molar-refractivity contribution is 9.10. The molecule has 1 saturated carbocycles. The normalized spacial score (nSPS) is 18.0. The number of allylic oxidation sites excluding steroid dienone is 1. The van der Waals surface area contributed by atoms with Gasteiger partial charge in [0.25, 0.3) is 0 Å². The van der Waals surface area contributed by atoms with E-state index in [1.54, 1.807) is 0 Å². The minimum Gasteiger partial charge on any atom is -0.394 e.